The number of carbonyl (C=O) groups excluding carboxylic acids is 1. The van der Waals surface area contributed by atoms with Gasteiger partial charge in [0, 0.05) is 85.2 Å². The third-order valence-electron chi connectivity index (χ3n) is 9.52. The average Bonchev–Trinajstić information content (AvgIpc) is 3.19. The molecule has 1 amide bonds. The van der Waals surface area contributed by atoms with Gasteiger partial charge in [-0.1, -0.05) is 36.4 Å². The minimum atomic E-state index is -4.20. The molecule has 0 saturated carbocycles. The molecule has 2 aromatic heterocycles. The lowest BCUT2D eigenvalue weighted by Gasteiger charge is -2.39. The highest BCUT2D eigenvalue weighted by Crippen LogP contribution is 2.29. The van der Waals surface area contributed by atoms with Crippen LogP contribution < -0.4 is 13.8 Å². The highest BCUT2D eigenvalue weighted by atomic mass is 32.2. The van der Waals surface area contributed by atoms with E-state index in [1.165, 1.54) is 43.7 Å². The Morgan fingerprint density at radius 3 is 1.91 bits per heavy atom. The van der Waals surface area contributed by atoms with E-state index < -0.39 is 26.2 Å². The minimum Gasteiger partial charge on any atom is -0.497 e. The zero-order valence-corrected chi connectivity index (χ0v) is 30.7. The van der Waals surface area contributed by atoms with Crippen molar-refractivity contribution in [3.63, 3.8) is 0 Å². The van der Waals surface area contributed by atoms with Crippen LogP contribution in [0.15, 0.2) is 132 Å². The van der Waals surface area contributed by atoms with Crippen molar-refractivity contribution in [2.75, 3.05) is 45.2 Å². The molecule has 14 heteroatoms. The lowest BCUT2D eigenvalue weighted by molar-refractivity contribution is -0.135. The zero-order valence-electron chi connectivity index (χ0n) is 29.1. The summed E-state index contributed by atoms with van der Waals surface area (Å²) in [6.07, 6.45) is 6.26. The van der Waals surface area contributed by atoms with Crippen molar-refractivity contribution in [2.45, 2.75) is 22.3 Å². The summed E-state index contributed by atoms with van der Waals surface area (Å²) < 4.78 is 67.2. The first-order valence-corrected chi connectivity index (χ1v) is 19.7. The quantitative estimate of drug-likeness (QED) is 0.164. The summed E-state index contributed by atoms with van der Waals surface area (Å²) in [5.74, 6) is 0.490. The summed E-state index contributed by atoms with van der Waals surface area (Å²) in [5, 5.41) is 2.30. The molecule has 1 saturated heterocycles. The van der Waals surface area contributed by atoms with E-state index >= 15 is 0 Å². The first kappa shape index (κ1) is 35.8. The van der Waals surface area contributed by atoms with Crippen molar-refractivity contribution in [3.05, 3.63) is 127 Å². The summed E-state index contributed by atoms with van der Waals surface area (Å²) in [4.78, 5) is 26.5. The number of amides is 1. The third kappa shape index (κ3) is 7.38. The molecular formula is C39H37N5O7S2. The van der Waals surface area contributed by atoms with Crippen molar-refractivity contribution < 1.29 is 30.6 Å². The number of fused-ring (bicyclic) bond motifs is 2. The maximum absolute atomic E-state index is 14.4. The van der Waals surface area contributed by atoms with E-state index in [-0.39, 0.29) is 27.9 Å². The van der Waals surface area contributed by atoms with Gasteiger partial charge < -0.3 is 18.7 Å². The molecular weight excluding hydrogens is 715 g/mol. The number of sulfonamides is 1. The Balaban J connectivity index is 1.15. The van der Waals surface area contributed by atoms with Gasteiger partial charge in [-0.25, -0.2) is 8.42 Å². The van der Waals surface area contributed by atoms with Crippen LogP contribution in [0, 0.1) is 0 Å². The molecule has 53 heavy (non-hydrogen) atoms. The number of ether oxygens (including phenoxy) is 1. The van der Waals surface area contributed by atoms with E-state index in [0.717, 1.165) is 15.7 Å². The normalized spacial score (nSPS) is 14.4. The van der Waals surface area contributed by atoms with Gasteiger partial charge in [0.2, 0.25) is 15.9 Å². The second kappa shape index (κ2) is 14.8. The van der Waals surface area contributed by atoms with Gasteiger partial charge in [0.15, 0.2) is 0 Å². The van der Waals surface area contributed by atoms with Crippen molar-refractivity contribution in [2.24, 2.45) is 0 Å². The summed E-state index contributed by atoms with van der Waals surface area (Å²) in [5.41, 5.74) is 1.62. The lowest BCUT2D eigenvalue weighted by atomic mass is 10.0. The summed E-state index contributed by atoms with van der Waals surface area (Å²) in [6.45, 7) is 1.91. The Morgan fingerprint density at radius 1 is 0.736 bits per heavy atom. The topological polar surface area (TPSA) is 139 Å². The van der Waals surface area contributed by atoms with E-state index in [2.05, 4.69) is 14.9 Å². The number of anilines is 1. The second-order valence-corrected chi connectivity index (χ2v) is 16.1. The number of aromatic nitrogens is 2. The van der Waals surface area contributed by atoms with Gasteiger partial charge in [-0.05, 0) is 72.6 Å². The predicted molar refractivity (Wildman–Crippen MR) is 202 cm³/mol. The van der Waals surface area contributed by atoms with Crippen LogP contribution in [0.5, 0.6) is 11.5 Å². The summed E-state index contributed by atoms with van der Waals surface area (Å²) >= 11 is 0. The van der Waals surface area contributed by atoms with Gasteiger partial charge in [0.25, 0.3) is 0 Å². The van der Waals surface area contributed by atoms with Gasteiger partial charge in [-0.3, -0.25) is 14.8 Å². The molecule has 272 valence electrons. The standard InChI is InChI=1S/C39H37N5O7S2/c1-42(52(46,47)37-7-3-5-29-26-40-19-17-34(29)37)36(39(45)44-23-21-43(22-24-44)31-11-15-32(50-2)16-12-31)25-28-9-13-33(14-10-28)51-53(48,49)38-8-4-6-30-27-41-20-18-35(30)38/h3-20,26-27,36H,21-25H2,1-2H3/t36-/m0/s1. The molecule has 1 aliphatic rings. The fourth-order valence-corrected chi connectivity index (χ4v) is 9.27. The van der Waals surface area contributed by atoms with Crippen LogP contribution in [-0.4, -0.2) is 88.3 Å². The van der Waals surface area contributed by atoms with Crippen molar-refractivity contribution >= 4 is 53.3 Å². The molecule has 0 radical (unpaired) electrons. The molecule has 4 aromatic carbocycles. The highest BCUT2D eigenvalue weighted by molar-refractivity contribution is 7.89. The first-order valence-electron chi connectivity index (χ1n) is 16.9. The number of hydrogen-bond donors (Lipinski definition) is 0. The molecule has 12 nitrogen and oxygen atoms in total. The van der Waals surface area contributed by atoms with Crippen LogP contribution in [-0.2, 0) is 31.4 Å². The predicted octanol–water partition coefficient (Wildman–Crippen LogP) is 5.14. The molecule has 0 N–H and O–H groups in total. The zero-order chi connectivity index (χ0) is 37.2. The third-order valence-corrected chi connectivity index (χ3v) is 12.8. The van der Waals surface area contributed by atoms with Gasteiger partial charge in [0.1, 0.15) is 22.4 Å². The van der Waals surface area contributed by atoms with Crippen molar-refractivity contribution in [3.8, 4) is 11.5 Å². The second-order valence-electron chi connectivity index (χ2n) is 12.6. The highest BCUT2D eigenvalue weighted by Gasteiger charge is 2.37. The lowest BCUT2D eigenvalue weighted by Crippen LogP contribution is -2.56. The Morgan fingerprint density at radius 2 is 1.30 bits per heavy atom. The monoisotopic (exact) mass is 751 g/mol. The van der Waals surface area contributed by atoms with Gasteiger partial charge in [0.05, 0.1) is 12.0 Å². The number of benzene rings is 4. The first-order chi connectivity index (χ1) is 25.5. The van der Waals surface area contributed by atoms with Gasteiger partial charge >= 0.3 is 10.1 Å². The largest absolute Gasteiger partial charge is 0.497 e. The Bertz CT molecular complexity index is 2480. The Hall–Kier alpha value is -5.57. The number of pyridine rings is 2. The van der Waals surface area contributed by atoms with E-state index in [1.807, 2.05) is 24.3 Å². The van der Waals surface area contributed by atoms with E-state index in [1.54, 1.807) is 72.9 Å². The number of likely N-dealkylation sites (N-methyl/N-ethyl adjacent to an activating group) is 1. The maximum atomic E-state index is 14.4. The number of hydrogen-bond acceptors (Lipinski definition) is 10. The number of carbonyl (C=O) groups is 1. The van der Waals surface area contributed by atoms with Crippen molar-refractivity contribution in [1.29, 1.82) is 0 Å². The van der Waals surface area contributed by atoms with Crippen LogP contribution in [0.1, 0.15) is 5.56 Å². The fraction of sp³-hybridized carbons (Fsp3) is 0.205. The Kier molecular flexibility index (Phi) is 10.0. The van der Waals surface area contributed by atoms with Crippen molar-refractivity contribution in [1.82, 2.24) is 19.2 Å². The molecule has 0 spiro atoms. The smallest absolute Gasteiger partial charge is 0.339 e. The molecule has 0 aliphatic carbocycles. The minimum absolute atomic E-state index is 0.00951. The molecule has 7 rings (SSSR count). The number of nitrogens with zero attached hydrogens (tertiary/aromatic N) is 5. The number of methoxy groups -OCH3 is 1. The summed E-state index contributed by atoms with van der Waals surface area (Å²) in [6, 6.07) is 26.0. The molecule has 3 heterocycles. The van der Waals surface area contributed by atoms with Crippen LogP contribution in [0.2, 0.25) is 0 Å². The van der Waals surface area contributed by atoms with E-state index in [9.17, 15) is 21.6 Å². The number of piperazine rings is 1. The summed E-state index contributed by atoms with van der Waals surface area (Å²) in [7, 11) is -5.35. The van der Waals surface area contributed by atoms with Gasteiger partial charge in [-0.15, -0.1) is 0 Å². The number of rotatable bonds is 11. The molecule has 1 aliphatic heterocycles. The molecule has 0 unspecified atom stereocenters. The van der Waals surface area contributed by atoms with E-state index in [0.29, 0.717) is 53.3 Å². The van der Waals surface area contributed by atoms with E-state index in [4.69, 9.17) is 8.92 Å². The van der Waals surface area contributed by atoms with Gasteiger partial charge in [-0.2, -0.15) is 12.7 Å². The van der Waals surface area contributed by atoms with Crippen LogP contribution >= 0.6 is 0 Å². The molecule has 6 aromatic rings. The fourth-order valence-electron chi connectivity index (χ4n) is 6.59. The average molecular weight is 752 g/mol. The maximum Gasteiger partial charge on any atom is 0.339 e. The van der Waals surface area contributed by atoms with Crippen LogP contribution in [0.3, 0.4) is 0 Å². The van der Waals surface area contributed by atoms with Crippen LogP contribution in [0.25, 0.3) is 21.5 Å². The molecule has 1 atom stereocenters. The Labute approximate surface area is 308 Å². The molecule has 0 bridgehead atoms. The van der Waals surface area contributed by atoms with Crippen LogP contribution in [0.4, 0.5) is 5.69 Å². The SMILES string of the molecule is COc1ccc(N2CCN(C(=O)[C@H](Cc3ccc(OS(=O)(=O)c4cccc5cnccc45)cc3)N(C)S(=O)(=O)c3cccc4cnccc34)CC2)cc1. The molecule has 1 fully saturated rings.